The Bertz CT molecular complexity index is 586. The Morgan fingerprint density at radius 1 is 1.18 bits per heavy atom. The van der Waals surface area contributed by atoms with Gasteiger partial charge in [0.25, 0.3) is 0 Å². The SMILES string of the molecule is c1ccc(-c2cnc(Cn3ccnn3)s2)cc1. The Hall–Kier alpha value is -2.01. The van der Waals surface area contributed by atoms with Crippen LogP contribution >= 0.6 is 11.3 Å². The molecule has 0 aliphatic heterocycles. The van der Waals surface area contributed by atoms with Crippen LogP contribution in [0.2, 0.25) is 0 Å². The molecule has 0 N–H and O–H groups in total. The molecule has 17 heavy (non-hydrogen) atoms. The summed E-state index contributed by atoms with van der Waals surface area (Å²) in [6.45, 7) is 0.678. The van der Waals surface area contributed by atoms with Gasteiger partial charge in [0.2, 0.25) is 0 Å². The zero-order valence-electron chi connectivity index (χ0n) is 9.02. The molecule has 0 aliphatic carbocycles. The van der Waals surface area contributed by atoms with E-state index < -0.39 is 0 Å². The molecule has 0 saturated carbocycles. The first-order valence-electron chi connectivity index (χ1n) is 5.26. The molecule has 0 radical (unpaired) electrons. The van der Waals surface area contributed by atoms with Crippen LogP contribution in [-0.2, 0) is 6.54 Å². The summed E-state index contributed by atoms with van der Waals surface area (Å²) in [5, 5.41) is 8.74. The van der Waals surface area contributed by atoms with Gasteiger partial charge in [0.05, 0.1) is 17.6 Å². The Morgan fingerprint density at radius 2 is 2.06 bits per heavy atom. The third kappa shape index (κ3) is 2.24. The van der Waals surface area contributed by atoms with Gasteiger partial charge in [-0.15, -0.1) is 16.4 Å². The van der Waals surface area contributed by atoms with Gasteiger partial charge >= 0.3 is 0 Å². The Balaban J connectivity index is 1.84. The smallest absolute Gasteiger partial charge is 0.115 e. The number of hydrogen-bond donors (Lipinski definition) is 0. The van der Waals surface area contributed by atoms with Crippen molar-refractivity contribution in [2.45, 2.75) is 6.54 Å². The average Bonchev–Trinajstić information content (AvgIpc) is 3.02. The lowest BCUT2D eigenvalue weighted by atomic mass is 10.2. The van der Waals surface area contributed by atoms with Crippen molar-refractivity contribution in [1.29, 1.82) is 0 Å². The van der Waals surface area contributed by atoms with Crippen LogP contribution in [0.15, 0.2) is 48.9 Å². The third-order valence-electron chi connectivity index (χ3n) is 2.38. The molecule has 84 valence electrons. The van der Waals surface area contributed by atoms with Crippen molar-refractivity contribution in [1.82, 2.24) is 20.0 Å². The maximum Gasteiger partial charge on any atom is 0.115 e. The first-order chi connectivity index (χ1) is 8.42. The summed E-state index contributed by atoms with van der Waals surface area (Å²) in [4.78, 5) is 5.58. The lowest BCUT2D eigenvalue weighted by Crippen LogP contribution is -1.99. The molecule has 0 bridgehead atoms. The maximum absolute atomic E-state index is 4.40. The number of rotatable bonds is 3. The topological polar surface area (TPSA) is 43.6 Å². The first kappa shape index (κ1) is 10.2. The van der Waals surface area contributed by atoms with Gasteiger partial charge in [0, 0.05) is 12.4 Å². The molecule has 0 atom stereocenters. The van der Waals surface area contributed by atoms with Gasteiger partial charge in [-0.1, -0.05) is 35.5 Å². The van der Waals surface area contributed by atoms with Gasteiger partial charge in [0.1, 0.15) is 5.01 Å². The van der Waals surface area contributed by atoms with Crippen LogP contribution < -0.4 is 0 Å². The Kier molecular flexibility index (Phi) is 2.67. The van der Waals surface area contributed by atoms with Crippen molar-refractivity contribution in [2.24, 2.45) is 0 Å². The standard InChI is InChI=1S/C12H10N4S/c1-2-4-10(5-3-1)11-8-13-12(17-11)9-16-7-6-14-15-16/h1-8H,9H2. The van der Waals surface area contributed by atoms with Crippen molar-refractivity contribution in [3.05, 3.63) is 53.9 Å². The monoisotopic (exact) mass is 242 g/mol. The lowest BCUT2D eigenvalue weighted by molar-refractivity contribution is 0.647. The summed E-state index contributed by atoms with van der Waals surface area (Å²) in [5.41, 5.74) is 1.20. The first-order valence-corrected chi connectivity index (χ1v) is 6.08. The second-order valence-electron chi connectivity index (χ2n) is 3.58. The van der Waals surface area contributed by atoms with E-state index in [0.717, 1.165) is 5.01 Å². The van der Waals surface area contributed by atoms with Crippen molar-refractivity contribution in [2.75, 3.05) is 0 Å². The van der Waals surface area contributed by atoms with Crippen LogP contribution in [0.5, 0.6) is 0 Å². The number of thiazole rings is 1. The minimum Gasteiger partial charge on any atom is -0.247 e. The largest absolute Gasteiger partial charge is 0.247 e. The molecule has 0 unspecified atom stereocenters. The molecule has 3 aromatic rings. The zero-order chi connectivity index (χ0) is 11.5. The highest BCUT2D eigenvalue weighted by Gasteiger charge is 2.04. The number of benzene rings is 1. The van der Waals surface area contributed by atoms with Crippen LogP contribution in [0.4, 0.5) is 0 Å². The van der Waals surface area contributed by atoms with Crippen LogP contribution in [0.3, 0.4) is 0 Å². The van der Waals surface area contributed by atoms with Gasteiger partial charge in [-0.2, -0.15) is 0 Å². The van der Waals surface area contributed by atoms with Gasteiger partial charge < -0.3 is 0 Å². The molecule has 2 aromatic heterocycles. The summed E-state index contributed by atoms with van der Waals surface area (Å²) in [5.74, 6) is 0. The van der Waals surface area contributed by atoms with Crippen LogP contribution in [-0.4, -0.2) is 20.0 Å². The van der Waals surface area contributed by atoms with Crippen molar-refractivity contribution < 1.29 is 0 Å². The fourth-order valence-electron chi connectivity index (χ4n) is 1.57. The number of nitrogens with zero attached hydrogens (tertiary/aromatic N) is 4. The van der Waals surface area contributed by atoms with Gasteiger partial charge in [-0.25, -0.2) is 9.67 Å². The number of aromatic nitrogens is 4. The summed E-state index contributed by atoms with van der Waals surface area (Å²) in [7, 11) is 0. The maximum atomic E-state index is 4.40. The molecule has 2 heterocycles. The highest BCUT2D eigenvalue weighted by molar-refractivity contribution is 7.15. The molecule has 0 aliphatic rings. The number of hydrogen-bond acceptors (Lipinski definition) is 4. The quantitative estimate of drug-likeness (QED) is 0.708. The Morgan fingerprint density at radius 3 is 2.82 bits per heavy atom. The highest BCUT2D eigenvalue weighted by atomic mass is 32.1. The van der Waals surface area contributed by atoms with E-state index in [9.17, 15) is 0 Å². The van der Waals surface area contributed by atoms with E-state index in [4.69, 9.17) is 0 Å². The van der Waals surface area contributed by atoms with E-state index in [1.165, 1.54) is 10.4 Å². The van der Waals surface area contributed by atoms with E-state index in [1.807, 2.05) is 30.6 Å². The molecule has 0 amide bonds. The van der Waals surface area contributed by atoms with Crippen LogP contribution in [0.1, 0.15) is 5.01 Å². The minimum atomic E-state index is 0.678. The van der Waals surface area contributed by atoms with Gasteiger partial charge in [-0.3, -0.25) is 0 Å². The normalized spacial score (nSPS) is 10.6. The van der Waals surface area contributed by atoms with Crippen LogP contribution in [0, 0.1) is 0 Å². The van der Waals surface area contributed by atoms with E-state index in [2.05, 4.69) is 27.4 Å². The lowest BCUT2D eigenvalue weighted by Gasteiger charge is -1.95. The molecular formula is C12H10N4S. The molecular weight excluding hydrogens is 232 g/mol. The second-order valence-corrected chi connectivity index (χ2v) is 4.70. The second kappa shape index (κ2) is 4.47. The van der Waals surface area contributed by atoms with Crippen molar-refractivity contribution >= 4 is 11.3 Å². The van der Waals surface area contributed by atoms with E-state index >= 15 is 0 Å². The molecule has 0 fully saturated rings. The summed E-state index contributed by atoms with van der Waals surface area (Å²) in [6.07, 6.45) is 5.42. The molecule has 1 aromatic carbocycles. The summed E-state index contributed by atoms with van der Waals surface area (Å²) >= 11 is 1.68. The third-order valence-corrected chi connectivity index (χ3v) is 3.41. The average molecular weight is 242 g/mol. The summed E-state index contributed by atoms with van der Waals surface area (Å²) in [6, 6.07) is 10.3. The Labute approximate surface area is 103 Å². The van der Waals surface area contributed by atoms with E-state index in [-0.39, 0.29) is 0 Å². The van der Waals surface area contributed by atoms with E-state index in [0.29, 0.717) is 6.54 Å². The molecule has 0 spiro atoms. The van der Waals surface area contributed by atoms with Crippen LogP contribution in [0.25, 0.3) is 10.4 Å². The highest BCUT2D eigenvalue weighted by Crippen LogP contribution is 2.25. The fraction of sp³-hybridized carbons (Fsp3) is 0.0833. The fourth-order valence-corrected chi connectivity index (χ4v) is 2.49. The predicted molar refractivity (Wildman–Crippen MR) is 66.7 cm³/mol. The molecule has 4 nitrogen and oxygen atoms in total. The molecule has 5 heteroatoms. The molecule has 3 rings (SSSR count). The van der Waals surface area contributed by atoms with Gasteiger partial charge in [-0.05, 0) is 5.56 Å². The van der Waals surface area contributed by atoms with Crippen molar-refractivity contribution in [3.8, 4) is 10.4 Å². The van der Waals surface area contributed by atoms with Crippen molar-refractivity contribution in [3.63, 3.8) is 0 Å². The molecule has 0 saturated heterocycles. The van der Waals surface area contributed by atoms with E-state index in [1.54, 1.807) is 22.2 Å². The minimum absolute atomic E-state index is 0.678. The zero-order valence-corrected chi connectivity index (χ0v) is 9.84. The predicted octanol–water partition coefficient (Wildman–Crippen LogP) is 2.45. The summed E-state index contributed by atoms with van der Waals surface area (Å²) < 4.78 is 1.77. The van der Waals surface area contributed by atoms with Gasteiger partial charge in [0.15, 0.2) is 0 Å².